The van der Waals surface area contributed by atoms with Crippen LogP contribution in [0, 0.1) is 0 Å². The number of hydrogen-bond donors (Lipinski definition) is 5. The van der Waals surface area contributed by atoms with Crippen LogP contribution in [0.25, 0.3) is 0 Å². The van der Waals surface area contributed by atoms with Gasteiger partial charge < -0.3 is 9.79 Å². The van der Waals surface area contributed by atoms with E-state index in [1.807, 2.05) is 5.09 Å². The molecule has 3 unspecified atom stereocenters. The Bertz CT molecular complexity index is 280. The summed E-state index contributed by atoms with van der Waals surface area (Å²) < 4.78 is 20.9. The Morgan fingerprint density at radius 3 is 2.64 bits per heavy atom. The van der Waals surface area contributed by atoms with Gasteiger partial charge in [-0.15, -0.1) is 0 Å². The molecule has 0 aromatic rings. The van der Waals surface area contributed by atoms with Gasteiger partial charge >= 0.3 is 15.8 Å². The summed E-state index contributed by atoms with van der Waals surface area (Å²) in [5.74, 6) is 0. The molecule has 0 bridgehead atoms. The van der Waals surface area contributed by atoms with Crippen LogP contribution in [-0.2, 0) is 9.13 Å². The van der Waals surface area contributed by atoms with Gasteiger partial charge in [0, 0.05) is 0 Å². The van der Waals surface area contributed by atoms with Crippen LogP contribution in [0.15, 0.2) is 0 Å². The number of hydrogen-bond acceptors (Lipinski definition) is 4. The maximum atomic E-state index is 10.5. The molecule has 8 nitrogen and oxygen atoms in total. The van der Waals surface area contributed by atoms with Gasteiger partial charge in [0.05, 0.1) is 12.3 Å². The zero-order valence-electron chi connectivity index (χ0n) is 7.36. The standard InChI is InChI=1S/C4H11N3O5P2/c1-7(2-13(8)9)4-3(5-4)6-14(10,11)12/h3-5H,2H2,1H3,(H3-,6,8,9,10,11,12)/p+1. The summed E-state index contributed by atoms with van der Waals surface area (Å²) in [7, 11) is -4.93. The van der Waals surface area contributed by atoms with Crippen LogP contribution in [0.3, 0.4) is 0 Å². The largest absolute Gasteiger partial charge is 0.521 e. The summed E-state index contributed by atoms with van der Waals surface area (Å²) in [6.07, 6.45) is -0.878. The lowest BCUT2D eigenvalue weighted by atomic mass is 10.6. The van der Waals surface area contributed by atoms with E-state index in [1.54, 1.807) is 7.05 Å². The average molecular weight is 244 g/mol. The molecule has 82 valence electrons. The molecular weight excluding hydrogens is 232 g/mol. The Balaban J connectivity index is 2.32. The van der Waals surface area contributed by atoms with Gasteiger partial charge in [0.25, 0.3) is 0 Å². The van der Waals surface area contributed by atoms with Gasteiger partial charge in [0.15, 0.2) is 0 Å². The zero-order valence-corrected chi connectivity index (χ0v) is 9.15. The Kier molecular flexibility index (Phi) is 3.74. The molecule has 1 aliphatic rings. The van der Waals surface area contributed by atoms with Gasteiger partial charge in [-0.05, 0) is 11.6 Å². The minimum atomic E-state index is -4.25. The molecule has 1 heterocycles. The summed E-state index contributed by atoms with van der Waals surface area (Å²) in [5.41, 5.74) is 0. The van der Waals surface area contributed by atoms with Crippen molar-refractivity contribution in [3.63, 3.8) is 0 Å². The van der Waals surface area contributed by atoms with Crippen LogP contribution in [0.2, 0.25) is 0 Å². The SMILES string of the molecule is CN(C[P+](=O)O)C1NC1NP(=O)(O)O. The summed E-state index contributed by atoms with van der Waals surface area (Å²) >= 11 is 0. The molecule has 14 heavy (non-hydrogen) atoms. The molecular formula is C4H12N3O5P2+. The smallest absolute Gasteiger partial charge is 0.313 e. The fourth-order valence-electron chi connectivity index (χ4n) is 1.08. The van der Waals surface area contributed by atoms with E-state index in [0.717, 1.165) is 0 Å². The molecule has 5 N–H and O–H groups in total. The first-order chi connectivity index (χ1) is 6.29. The third-order valence-corrected chi connectivity index (χ3v) is 2.99. The highest BCUT2D eigenvalue weighted by atomic mass is 31.2. The van der Waals surface area contributed by atoms with Crippen molar-refractivity contribution in [2.75, 3.05) is 13.3 Å². The topological polar surface area (TPSA) is 132 Å². The molecule has 0 spiro atoms. The second kappa shape index (κ2) is 4.30. The minimum Gasteiger partial charge on any atom is -0.313 e. The van der Waals surface area contributed by atoms with Crippen molar-refractivity contribution in [2.24, 2.45) is 0 Å². The zero-order chi connectivity index (χ0) is 10.9. The van der Waals surface area contributed by atoms with E-state index < -0.39 is 21.9 Å². The molecule has 0 amide bonds. The predicted octanol–water partition coefficient (Wildman–Crippen LogP) is -1.45. The Hall–Kier alpha value is 0.0900. The normalized spacial score (nSPS) is 27.9. The first-order valence-corrected chi connectivity index (χ1v) is 6.74. The summed E-state index contributed by atoms with van der Waals surface area (Å²) in [4.78, 5) is 27.2. The van der Waals surface area contributed by atoms with E-state index in [4.69, 9.17) is 14.7 Å². The lowest BCUT2D eigenvalue weighted by molar-refractivity contribution is 0.332. The molecule has 10 heteroatoms. The van der Waals surface area contributed by atoms with Crippen LogP contribution in [-0.4, -0.2) is 45.2 Å². The van der Waals surface area contributed by atoms with Gasteiger partial charge in [0.2, 0.25) is 6.29 Å². The predicted molar refractivity (Wildman–Crippen MR) is 48.3 cm³/mol. The van der Waals surface area contributed by atoms with Gasteiger partial charge in [-0.25, -0.2) is 14.6 Å². The molecule has 0 aromatic carbocycles. The Morgan fingerprint density at radius 2 is 2.21 bits per heavy atom. The van der Waals surface area contributed by atoms with Gasteiger partial charge in [0.1, 0.15) is 0 Å². The molecule has 1 aliphatic heterocycles. The second-order valence-electron chi connectivity index (χ2n) is 3.01. The first kappa shape index (κ1) is 12.2. The van der Waals surface area contributed by atoms with E-state index in [0.29, 0.717) is 0 Å². The maximum absolute atomic E-state index is 10.5. The Morgan fingerprint density at radius 1 is 1.64 bits per heavy atom. The van der Waals surface area contributed by atoms with Crippen molar-refractivity contribution in [1.82, 2.24) is 15.3 Å². The molecule has 0 aliphatic carbocycles. The highest BCUT2D eigenvalue weighted by molar-refractivity contribution is 7.49. The van der Waals surface area contributed by atoms with Crippen molar-refractivity contribution in [2.45, 2.75) is 12.3 Å². The Labute approximate surface area is 81.4 Å². The molecule has 0 radical (unpaired) electrons. The minimum absolute atomic E-state index is 0.0354. The highest BCUT2D eigenvalue weighted by Gasteiger charge is 2.44. The van der Waals surface area contributed by atoms with E-state index in [2.05, 4.69) is 5.32 Å². The molecule has 3 atom stereocenters. The van der Waals surface area contributed by atoms with E-state index in [9.17, 15) is 9.13 Å². The van der Waals surface area contributed by atoms with Crippen LogP contribution in [0.1, 0.15) is 0 Å². The van der Waals surface area contributed by atoms with E-state index in [1.165, 1.54) is 4.90 Å². The highest BCUT2D eigenvalue weighted by Crippen LogP contribution is 2.32. The fourth-order valence-corrected chi connectivity index (χ4v) is 2.21. The van der Waals surface area contributed by atoms with Crippen molar-refractivity contribution in [3.05, 3.63) is 0 Å². The lowest BCUT2D eigenvalue weighted by Gasteiger charge is -2.08. The monoisotopic (exact) mass is 244 g/mol. The fraction of sp³-hybridized carbons (Fsp3) is 1.00. The van der Waals surface area contributed by atoms with Crippen LogP contribution < -0.4 is 10.4 Å². The van der Waals surface area contributed by atoms with Crippen molar-refractivity contribution < 1.29 is 23.8 Å². The number of nitrogens with one attached hydrogen (secondary N) is 2. The average Bonchev–Trinajstić information content (AvgIpc) is 2.61. The van der Waals surface area contributed by atoms with Gasteiger partial charge in [-0.3, -0.25) is 5.32 Å². The van der Waals surface area contributed by atoms with Crippen molar-refractivity contribution in [1.29, 1.82) is 0 Å². The van der Waals surface area contributed by atoms with Crippen LogP contribution >= 0.6 is 15.8 Å². The molecule has 1 rings (SSSR count). The number of likely N-dealkylation sites (N-methyl/N-ethyl adjacent to an activating group) is 1. The van der Waals surface area contributed by atoms with Gasteiger partial charge in [-0.2, -0.15) is 4.89 Å². The lowest BCUT2D eigenvalue weighted by Crippen LogP contribution is -2.27. The molecule has 1 fully saturated rings. The molecule has 0 aromatic heterocycles. The summed E-state index contributed by atoms with van der Waals surface area (Å²) in [5, 5.41) is 4.75. The summed E-state index contributed by atoms with van der Waals surface area (Å²) in [6.45, 7) is 0. The molecule has 0 saturated carbocycles. The third-order valence-electron chi connectivity index (χ3n) is 1.68. The van der Waals surface area contributed by atoms with E-state index in [-0.39, 0.29) is 12.5 Å². The first-order valence-electron chi connectivity index (χ1n) is 3.73. The quantitative estimate of drug-likeness (QED) is 0.293. The second-order valence-corrected chi connectivity index (χ2v) is 5.35. The third kappa shape index (κ3) is 4.08. The van der Waals surface area contributed by atoms with Crippen LogP contribution in [0.4, 0.5) is 0 Å². The summed E-state index contributed by atoms with van der Waals surface area (Å²) in [6, 6.07) is 0. The number of nitrogens with zero attached hydrogens (tertiary/aromatic N) is 1. The number of rotatable bonds is 5. The van der Waals surface area contributed by atoms with E-state index >= 15 is 0 Å². The van der Waals surface area contributed by atoms with Crippen molar-refractivity contribution >= 4 is 15.8 Å². The molecule has 1 saturated heterocycles. The van der Waals surface area contributed by atoms with Crippen molar-refractivity contribution in [3.8, 4) is 0 Å². The maximum Gasteiger partial charge on any atom is 0.521 e. The van der Waals surface area contributed by atoms with Gasteiger partial charge in [-0.1, -0.05) is 0 Å². The van der Waals surface area contributed by atoms with Crippen LogP contribution in [0.5, 0.6) is 0 Å².